The maximum Gasteiger partial charge on any atom is 0.408 e. The topological polar surface area (TPSA) is 114 Å². The normalized spacial score (nSPS) is 15.3. The maximum absolute atomic E-state index is 14.0. The maximum atomic E-state index is 14.0. The highest BCUT2D eigenvalue weighted by Crippen LogP contribution is 2.34. The van der Waals surface area contributed by atoms with Gasteiger partial charge in [0.2, 0.25) is 11.8 Å². The van der Waals surface area contributed by atoms with Gasteiger partial charge in [0, 0.05) is 12.6 Å². The van der Waals surface area contributed by atoms with Crippen molar-refractivity contribution in [2.24, 2.45) is 5.92 Å². The Morgan fingerprint density at radius 1 is 1.08 bits per heavy atom. The van der Waals surface area contributed by atoms with Crippen LogP contribution in [0, 0.1) is 5.92 Å². The first-order chi connectivity index (χ1) is 16.9. The van der Waals surface area contributed by atoms with Crippen molar-refractivity contribution in [2.45, 2.75) is 91.0 Å². The van der Waals surface area contributed by atoms with Crippen LogP contribution in [0.3, 0.4) is 0 Å². The summed E-state index contributed by atoms with van der Waals surface area (Å²) in [5, 5.41) is 5.53. The standard InChI is InChI=1S/C27H41N3O6/c1-7-35-21(31)16-17-28-24(32)23(19-12-9-8-10-13-19)30(20-14-11-15-20)25(33)22(18(2)3)29-26(34)36-27(4,5)6/h8-10,12-13,18,20,22-23H,7,11,14-17H2,1-6H3,(H,28,32)(H,29,34). The summed E-state index contributed by atoms with van der Waals surface area (Å²) >= 11 is 0. The molecule has 2 unspecified atom stereocenters. The Hall–Kier alpha value is -3.10. The van der Waals surface area contributed by atoms with Gasteiger partial charge < -0.3 is 25.0 Å². The van der Waals surface area contributed by atoms with Crippen LogP contribution in [-0.4, -0.2) is 59.6 Å². The number of alkyl carbamates (subject to hydrolysis) is 1. The molecule has 2 rings (SSSR count). The second kappa shape index (κ2) is 13.3. The molecule has 0 aromatic heterocycles. The molecular formula is C27H41N3O6. The molecule has 1 aromatic carbocycles. The molecular weight excluding hydrogens is 462 g/mol. The second-order valence-electron chi connectivity index (χ2n) is 10.4. The lowest BCUT2D eigenvalue weighted by Crippen LogP contribution is -2.58. The highest BCUT2D eigenvalue weighted by molar-refractivity contribution is 5.92. The van der Waals surface area contributed by atoms with Crippen molar-refractivity contribution in [1.82, 2.24) is 15.5 Å². The van der Waals surface area contributed by atoms with E-state index in [9.17, 15) is 19.2 Å². The Labute approximate surface area is 214 Å². The van der Waals surface area contributed by atoms with E-state index >= 15 is 0 Å². The number of amides is 3. The Kier molecular flexibility index (Phi) is 10.7. The molecule has 1 aromatic rings. The zero-order chi connectivity index (χ0) is 26.9. The molecule has 1 saturated carbocycles. The van der Waals surface area contributed by atoms with Gasteiger partial charge in [-0.2, -0.15) is 0 Å². The van der Waals surface area contributed by atoms with E-state index in [1.165, 1.54) is 0 Å². The molecule has 0 spiro atoms. The molecule has 2 N–H and O–H groups in total. The molecule has 1 aliphatic rings. The lowest BCUT2D eigenvalue weighted by molar-refractivity contribution is -0.148. The van der Waals surface area contributed by atoms with E-state index in [0.29, 0.717) is 5.56 Å². The van der Waals surface area contributed by atoms with Crippen molar-refractivity contribution in [3.8, 4) is 0 Å². The third-order valence-corrected chi connectivity index (χ3v) is 5.90. The monoisotopic (exact) mass is 503 g/mol. The van der Waals surface area contributed by atoms with Crippen molar-refractivity contribution >= 4 is 23.9 Å². The molecule has 1 fully saturated rings. The molecule has 0 heterocycles. The molecule has 200 valence electrons. The summed E-state index contributed by atoms with van der Waals surface area (Å²) in [5.41, 5.74) is -0.0561. The van der Waals surface area contributed by atoms with E-state index in [4.69, 9.17) is 9.47 Å². The van der Waals surface area contributed by atoms with Gasteiger partial charge >= 0.3 is 12.1 Å². The molecule has 3 amide bonds. The largest absolute Gasteiger partial charge is 0.466 e. The minimum absolute atomic E-state index is 0.0350. The average Bonchev–Trinajstić information content (AvgIpc) is 2.75. The van der Waals surface area contributed by atoms with Gasteiger partial charge in [-0.25, -0.2) is 4.79 Å². The Morgan fingerprint density at radius 3 is 2.22 bits per heavy atom. The van der Waals surface area contributed by atoms with E-state index in [0.717, 1.165) is 19.3 Å². The molecule has 0 aliphatic heterocycles. The number of hydrogen-bond acceptors (Lipinski definition) is 6. The van der Waals surface area contributed by atoms with Gasteiger partial charge in [-0.05, 0) is 58.4 Å². The number of hydrogen-bond donors (Lipinski definition) is 2. The number of nitrogens with zero attached hydrogens (tertiary/aromatic N) is 1. The first-order valence-electron chi connectivity index (χ1n) is 12.7. The van der Waals surface area contributed by atoms with Crippen molar-refractivity contribution in [1.29, 1.82) is 0 Å². The minimum atomic E-state index is -0.909. The summed E-state index contributed by atoms with van der Waals surface area (Å²) in [5.74, 6) is -1.36. The molecule has 0 saturated heterocycles. The van der Waals surface area contributed by atoms with Gasteiger partial charge in [0.15, 0.2) is 0 Å². The van der Waals surface area contributed by atoms with E-state index in [2.05, 4.69) is 10.6 Å². The van der Waals surface area contributed by atoms with Gasteiger partial charge in [-0.3, -0.25) is 14.4 Å². The van der Waals surface area contributed by atoms with Crippen molar-refractivity contribution in [3.05, 3.63) is 35.9 Å². The van der Waals surface area contributed by atoms with Gasteiger partial charge in [0.25, 0.3) is 0 Å². The lowest BCUT2D eigenvalue weighted by Gasteiger charge is -2.44. The van der Waals surface area contributed by atoms with Crippen LogP contribution >= 0.6 is 0 Å². The van der Waals surface area contributed by atoms with Crippen LogP contribution in [0.15, 0.2) is 30.3 Å². The molecule has 0 radical (unpaired) electrons. The summed E-state index contributed by atoms with van der Waals surface area (Å²) in [4.78, 5) is 53.4. The molecule has 2 atom stereocenters. The summed E-state index contributed by atoms with van der Waals surface area (Å²) < 4.78 is 10.3. The van der Waals surface area contributed by atoms with Crippen LogP contribution in [0.2, 0.25) is 0 Å². The molecule has 9 heteroatoms. The molecule has 9 nitrogen and oxygen atoms in total. The lowest BCUT2D eigenvalue weighted by atomic mass is 9.87. The summed E-state index contributed by atoms with van der Waals surface area (Å²) in [6.45, 7) is 11.0. The predicted octanol–water partition coefficient (Wildman–Crippen LogP) is 3.73. The molecule has 0 bridgehead atoms. The summed E-state index contributed by atoms with van der Waals surface area (Å²) in [7, 11) is 0. The van der Waals surface area contributed by atoms with E-state index in [1.54, 1.807) is 44.7 Å². The highest BCUT2D eigenvalue weighted by Gasteiger charge is 2.42. The van der Waals surface area contributed by atoms with Crippen molar-refractivity contribution in [3.63, 3.8) is 0 Å². The number of carbonyl (C=O) groups excluding carboxylic acids is 4. The molecule has 36 heavy (non-hydrogen) atoms. The Bertz CT molecular complexity index is 893. The van der Waals surface area contributed by atoms with Crippen LogP contribution in [0.4, 0.5) is 4.79 Å². The zero-order valence-corrected chi connectivity index (χ0v) is 22.3. The Balaban J connectivity index is 2.35. The second-order valence-corrected chi connectivity index (χ2v) is 10.4. The first-order valence-corrected chi connectivity index (χ1v) is 12.7. The number of rotatable bonds is 11. The fourth-order valence-corrected chi connectivity index (χ4v) is 3.98. The predicted molar refractivity (Wildman–Crippen MR) is 136 cm³/mol. The van der Waals surface area contributed by atoms with E-state index in [-0.39, 0.29) is 43.3 Å². The fraction of sp³-hybridized carbons (Fsp3) is 0.630. The van der Waals surface area contributed by atoms with Gasteiger partial charge in [-0.1, -0.05) is 44.2 Å². The fourth-order valence-electron chi connectivity index (χ4n) is 3.98. The van der Waals surface area contributed by atoms with Crippen molar-refractivity contribution in [2.75, 3.05) is 13.2 Å². The minimum Gasteiger partial charge on any atom is -0.466 e. The third kappa shape index (κ3) is 8.53. The highest BCUT2D eigenvalue weighted by atomic mass is 16.6. The molecule has 1 aliphatic carbocycles. The van der Waals surface area contributed by atoms with E-state index in [1.807, 2.05) is 32.0 Å². The number of benzene rings is 1. The van der Waals surface area contributed by atoms with Crippen LogP contribution in [0.25, 0.3) is 0 Å². The number of nitrogens with one attached hydrogen (secondary N) is 2. The van der Waals surface area contributed by atoms with Gasteiger partial charge in [0.1, 0.15) is 17.7 Å². The third-order valence-electron chi connectivity index (χ3n) is 5.90. The van der Waals surface area contributed by atoms with Crippen LogP contribution in [0.5, 0.6) is 0 Å². The Morgan fingerprint density at radius 2 is 1.72 bits per heavy atom. The van der Waals surface area contributed by atoms with E-state index < -0.39 is 29.7 Å². The number of ether oxygens (including phenoxy) is 2. The summed E-state index contributed by atoms with van der Waals surface area (Å²) in [6.07, 6.45) is 1.84. The van der Waals surface area contributed by atoms with Gasteiger partial charge in [0.05, 0.1) is 13.0 Å². The van der Waals surface area contributed by atoms with Crippen LogP contribution in [-0.2, 0) is 23.9 Å². The number of carbonyl (C=O) groups is 4. The smallest absolute Gasteiger partial charge is 0.408 e. The zero-order valence-electron chi connectivity index (χ0n) is 22.3. The number of esters is 1. The van der Waals surface area contributed by atoms with Gasteiger partial charge in [-0.15, -0.1) is 0 Å². The quantitative estimate of drug-likeness (QED) is 0.445. The van der Waals surface area contributed by atoms with Crippen molar-refractivity contribution < 1.29 is 28.7 Å². The van der Waals surface area contributed by atoms with Crippen LogP contribution < -0.4 is 10.6 Å². The average molecular weight is 504 g/mol. The SMILES string of the molecule is CCOC(=O)CCNC(=O)C(c1ccccc1)N(C(=O)C(NC(=O)OC(C)(C)C)C(C)C)C1CCC1. The van der Waals surface area contributed by atoms with Crippen LogP contribution in [0.1, 0.15) is 78.8 Å². The first kappa shape index (κ1) is 29.1. The summed E-state index contributed by atoms with van der Waals surface area (Å²) in [6, 6.07) is 7.16.